The molecule has 0 saturated carbocycles. The third kappa shape index (κ3) is 3.67. The van der Waals surface area contributed by atoms with Gasteiger partial charge in [0, 0.05) is 6.42 Å². The van der Waals surface area contributed by atoms with Crippen LogP contribution in [0.5, 0.6) is 0 Å². The number of aromatic nitrogens is 3. The Bertz CT molecular complexity index is 1050. The number of anilines is 1. The maximum Gasteiger partial charge on any atom is 0.273 e. The van der Waals surface area contributed by atoms with Crippen molar-refractivity contribution < 1.29 is 4.79 Å². The summed E-state index contributed by atoms with van der Waals surface area (Å²) in [6.45, 7) is 1.97. The largest absolute Gasteiger partial charge is 0.302 e. The fraction of sp³-hybridized carbons (Fsp3) is 0.250. The van der Waals surface area contributed by atoms with Crippen molar-refractivity contribution in [2.75, 3.05) is 11.6 Å². The zero-order valence-electron chi connectivity index (χ0n) is 13.7. The highest BCUT2D eigenvalue weighted by molar-refractivity contribution is 8.00. The Balaban J connectivity index is 1.74. The summed E-state index contributed by atoms with van der Waals surface area (Å²) in [4.78, 5) is 40.8. The lowest BCUT2D eigenvalue weighted by atomic mass is 10.2. The van der Waals surface area contributed by atoms with Gasteiger partial charge in [0.05, 0.1) is 27.2 Å². The number of nitrogens with one attached hydrogen (secondary N) is 2. The van der Waals surface area contributed by atoms with Gasteiger partial charge < -0.3 is 5.32 Å². The van der Waals surface area contributed by atoms with Crippen LogP contribution >= 0.6 is 23.1 Å². The molecule has 25 heavy (non-hydrogen) atoms. The summed E-state index contributed by atoms with van der Waals surface area (Å²) in [6.07, 6.45) is 2.01. The summed E-state index contributed by atoms with van der Waals surface area (Å²) < 4.78 is 2.22. The highest BCUT2D eigenvalue weighted by Gasteiger charge is 2.11. The van der Waals surface area contributed by atoms with Crippen molar-refractivity contribution in [3.63, 3.8) is 0 Å². The van der Waals surface area contributed by atoms with E-state index in [0.29, 0.717) is 15.9 Å². The second-order valence-electron chi connectivity index (χ2n) is 5.34. The maximum absolute atomic E-state index is 12.4. The predicted molar refractivity (Wildman–Crippen MR) is 101 cm³/mol. The molecule has 3 aromatic rings. The van der Waals surface area contributed by atoms with Crippen LogP contribution in [0.2, 0.25) is 0 Å². The molecule has 0 saturated heterocycles. The van der Waals surface area contributed by atoms with E-state index in [9.17, 15) is 14.4 Å². The number of hydrogen-bond acceptors (Lipinski definition) is 6. The van der Waals surface area contributed by atoms with Crippen LogP contribution in [0.4, 0.5) is 5.13 Å². The van der Waals surface area contributed by atoms with Crippen LogP contribution in [0.1, 0.15) is 12.1 Å². The number of thiazole rings is 1. The Morgan fingerprint density at radius 1 is 1.32 bits per heavy atom. The molecule has 0 atom stereocenters. The number of aryl methyl sites for hydroxylation is 2. The fourth-order valence-corrected chi connectivity index (χ4v) is 4.05. The molecule has 0 aliphatic heterocycles. The van der Waals surface area contributed by atoms with E-state index >= 15 is 0 Å². The van der Waals surface area contributed by atoms with Gasteiger partial charge in [-0.25, -0.2) is 9.67 Å². The summed E-state index contributed by atoms with van der Waals surface area (Å²) >= 11 is 2.99. The van der Waals surface area contributed by atoms with Crippen molar-refractivity contribution >= 4 is 44.9 Å². The van der Waals surface area contributed by atoms with Crippen molar-refractivity contribution in [1.82, 2.24) is 14.8 Å². The predicted octanol–water partition coefficient (Wildman–Crippen LogP) is 2.21. The van der Waals surface area contributed by atoms with Crippen molar-refractivity contribution in [2.24, 2.45) is 0 Å². The Hall–Kier alpha value is -2.39. The number of carbonyl (C=O) groups excluding carboxylic acids is 1. The van der Waals surface area contributed by atoms with Crippen molar-refractivity contribution in [3.8, 4) is 0 Å². The molecular weight excluding hydrogens is 360 g/mol. The second kappa shape index (κ2) is 7.24. The number of benzene rings is 1. The molecule has 0 spiro atoms. The van der Waals surface area contributed by atoms with Crippen LogP contribution in [0.25, 0.3) is 10.8 Å². The number of rotatable bonds is 5. The SMILES string of the molecule is CSc1sc(NC(=O)CCn2[nH]c(=O)c3ccccc3c2=O)nc1C. The number of H-pyrrole nitrogens is 1. The van der Waals surface area contributed by atoms with Gasteiger partial charge in [0.2, 0.25) is 5.91 Å². The highest BCUT2D eigenvalue weighted by Crippen LogP contribution is 2.30. The molecule has 2 N–H and O–H groups in total. The molecule has 0 fully saturated rings. The van der Waals surface area contributed by atoms with E-state index in [4.69, 9.17) is 0 Å². The van der Waals surface area contributed by atoms with Crippen LogP contribution in [-0.4, -0.2) is 26.9 Å². The van der Waals surface area contributed by atoms with Gasteiger partial charge in [0.1, 0.15) is 0 Å². The minimum atomic E-state index is -0.351. The van der Waals surface area contributed by atoms with Crippen LogP contribution < -0.4 is 16.4 Å². The summed E-state index contributed by atoms with van der Waals surface area (Å²) in [7, 11) is 0. The van der Waals surface area contributed by atoms with E-state index in [1.165, 1.54) is 16.0 Å². The molecule has 9 heteroatoms. The number of nitrogens with zero attached hydrogens (tertiary/aromatic N) is 2. The van der Waals surface area contributed by atoms with Gasteiger partial charge in [0.15, 0.2) is 5.13 Å². The first-order valence-corrected chi connectivity index (χ1v) is 9.57. The smallest absolute Gasteiger partial charge is 0.273 e. The lowest BCUT2D eigenvalue weighted by Gasteiger charge is -2.07. The van der Waals surface area contributed by atoms with Crippen LogP contribution in [0.15, 0.2) is 38.1 Å². The van der Waals surface area contributed by atoms with E-state index in [0.717, 1.165) is 9.90 Å². The minimum absolute atomic E-state index is 0.0570. The van der Waals surface area contributed by atoms with E-state index in [1.807, 2.05) is 13.2 Å². The number of aromatic amines is 1. The van der Waals surface area contributed by atoms with Gasteiger partial charge in [-0.2, -0.15) is 0 Å². The van der Waals surface area contributed by atoms with E-state index in [2.05, 4.69) is 15.4 Å². The Kier molecular flexibility index (Phi) is 5.05. The Morgan fingerprint density at radius 3 is 2.72 bits per heavy atom. The van der Waals surface area contributed by atoms with Gasteiger partial charge in [-0.1, -0.05) is 23.5 Å². The average molecular weight is 376 g/mol. The molecule has 0 aliphatic carbocycles. The molecule has 0 unspecified atom stereocenters. The van der Waals surface area contributed by atoms with Crippen LogP contribution in [-0.2, 0) is 11.3 Å². The first-order chi connectivity index (χ1) is 12.0. The molecule has 130 valence electrons. The van der Waals surface area contributed by atoms with Crippen LogP contribution in [0.3, 0.4) is 0 Å². The molecule has 0 bridgehead atoms. The Morgan fingerprint density at radius 2 is 2.04 bits per heavy atom. The molecule has 2 aromatic heterocycles. The standard InChI is InChI=1S/C16H16N4O3S2/c1-9-15(24-2)25-16(17-9)18-12(21)7-8-20-14(23)11-6-4-3-5-10(11)13(22)19-20/h3-6H,7-8H2,1-2H3,(H,19,22)(H,17,18,21). The monoisotopic (exact) mass is 376 g/mol. The van der Waals surface area contributed by atoms with Gasteiger partial charge in [-0.3, -0.25) is 19.5 Å². The number of fused-ring (bicyclic) bond motifs is 1. The quantitative estimate of drug-likeness (QED) is 0.666. The molecule has 7 nitrogen and oxygen atoms in total. The summed E-state index contributed by atoms with van der Waals surface area (Å²) in [6, 6.07) is 6.61. The summed E-state index contributed by atoms with van der Waals surface area (Å²) in [5, 5.41) is 6.46. The molecule has 2 heterocycles. The number of carbonyl (C=O) groups is 1. The molecule has 0 radical (unpaired) electrons. The topological polar surface area (TPSA) is 96.9 Å². The van der Waals surface area contributed by atoms with Gasteiger partial charge in [-0.15, -0.1) is 11.8 Å². The van der Waals surface area contributed by atoms with E-state index in [-0.39, 0.29) is 30.0 Å². The maximum atomic E-state index is 12.4. The third-order valence-corrected chi connectivity index (χ3v) is 5.92. The van der Waals surface area contributed by atoms with Crippen molar-refractivity contribution in [1.29, 1.82) is 0 Å². The van der Waals surface area contributed by atoms with Crippen molar-refractivity contribution in [2.45, 2.75) is 24.1 Å². The number of thioether (sulfide) groups is 1. The molecule has 1 aromatic carbocycles. The van der Waals surface area contributed by atoms with E-state index < -0.39 is 0 Å². The fourth-order valence-electron chi connectivity index (χ4n) is 2.42. The molecule has 3 rings (SSSR count). The average Bonchev–Trinajstić information content (AvgIpc) is 2.96. The van der Waals surface area contributed by atoms with Crippen LogP contribution in [0, 0.1) is 6.92 Å². The summed E-state index contributed by atoms with van der Waals surface area (Å²) in [5.74, 6) is -0.262. The Labute approximate surface area is 151 Å². The second-order valence-corrected chi connectivity index (χ2v) is 7.41. The minimum Gasteiger partial charge on any atom is -0.302 e. The lowest BCUT2D eigenvalue weighted by molar-refractivity contribution is -0.116. The molecule has 1 amide bonds. The zero-order valence-corrected chi connectivity index (χ0v) is 15.3. The normalized spacial score (nSPS) is 11.0. The third-order valence-electron chi connectivity index (χ3n) is 3.63. The number of amides is 1. The van der Waals surface area contributed by atoms with E-state index in [1.54, 1.807) is 36.0 Å². The lowest BCUT2D eigenvalue weighted by Crippen LogP contribution is -2.31. The highest BCUT2D eigenvalue weighted by atomic mass is 32.2. The van der Waals surface area contributed by atoms with Gasteiger partial charge in [-0.05, 0) is 25.3 Å². The summed E-state index contributed by atoms with van der Waals surface area (Å²) in [5.41, 5.74) is 0.205. The molecule has 0 aliphatic rings. The van der Waals surface area contributed by atoms with Crippen molar-refractivity contribution in [3.05, 3.63) is 50.7 Å². The first kappa shape index (κ1) is 17.4. The first-order valence-electron chi connectivity index (χ1n) is 7.52. The number of hydrogen-bond donors (Lipinski definition) is 2. The van der Waals surface area contributed by atoms with Gasteiger partial charge in [0.25, 0.3) is 11.1 Å². The molecular formula is C16H16N4O3S2. The van der Waals surface area contributed by atoms with Gasteiger partial charge >= 0.3 is 0 Å². The zero-order chi connectivity index (χ0) is 18.0.